The lowest BCUT2D eigenvalue weighted by atomic mass is 9.85. The number of nitrogens with zero attached hydrogens (tertiary/aromatic N) is 2. The van der Waals surface area contributed by atoms with Crippen molar-refractivity contribution in [2.75, 3.05) is 18.6 Å². The van der Waals surface area contributed by atoms with Crippen LogP contribution in [0.4, 0.5) is 5.69 Å². The molecule has 1 amide bonds. The first-order valence-electron chi connectivity index (χ1n) is 10.3. The zero-order valence-electron chi connectivity index (χ0n) is 17.6. The number of anilines is 1. The number of carbonyl (C=O) groups is 2. The number of benzene rings is 1. The van der Waals surface area contributed by atoms with Crippen molar-refractivity contribution in [1.29, 1.82) is 0 Å². The zero-order chi connectivity index (χ0) is 21.1. The monoisotopic (exact) mass is 400 g/mol. The molecule has 4 N–H and O–H groups in total. The first-order valence-corrected chi connectivity index (χ1v) is 10.3. The number of nitrogens with two attached hydrogens (primary N) is 2. The molecule has 0 bridgehead atoms. The summed E-state index contributed by atoms with van der Waals surface area (Å²) in [5, 5.41) is 1.66. The molecule has 1 fully saturated rings. The third-order valence-electron chi connectivity index (χ3n) is 6.14. The molecule has 7 heteroatoms. The number of esters is 1. The highest BCUT2D eigenvalue weighted by Gasteiger charge is 2.35. The maximum Gasteiger partial charge on any atom is 0.337 e. The number of carbonyl (C=O) groups excluding carboxylic acids is 2. The van der Waals surface area contributed by atoms with Crippen LogP contribution < -0.4 is 16.5 Å². The van der Waals surface area contributed by atoms with Crippen LogP contribution in [0.2, 0.25) is 0 Å². The number of allylic oxidation sites excluding steroid dienone is 1. The van der Waals surface area contributed by atoms with E-state index in [1.165, 1.54) is 26.4 Å². The van der Waals surface area contributed by atoms with Crippen molar-refractivity contribution in [1.82, 2.24) is 5.01 Å². The number of fused-ring (bicyclic) bond motifs is 1. The van der Waals surface area contributed by atoms with E-state index in [0.29, 0.717) is 18.0 Å². The van der Waals surface area contributed by atoms with Gasteiger partial charge in [-0.25, -0.2) is 10.6 Å². The molecule has 7 nitrogen and oxygen atoms in total. The molecule has 2 atom stereocenters. The molecular weight excluding hydrogens is 368 g/mol. The Kier molecular flexibility index (Phi) is 6.47. The Labute approximate surface area is 172 Å². The lowest BCUT2D eigenvalue weighted by Crippen LogP contribution is -2.46. The summed E-state index contributed by atoms with van der Waals surface area (Å²) in [5.41, 5.74) is 9.24. The van der Waals surface area contributed by atoms with E-state index in [1.807, 2.05) is 6.20 Å². The van der Waals surface area contributed by atoms with E-state index in [-0.39, 0.29) is 17.9 Å². The maximum atomic E-state index is 12.2. The molecule has 3 rings (SSSR count). The second-order valence-corrected chi connectivity index (χ2v) is 8.23. The van der Waals surface area contributed by atoms with Gasteiger partial charge in [-0.15, -0.1) is 0 Å². The lowest BCUT2D eigenvalue weighted by molar-refractivity contribution is -0.116. The highest BCUT2D eigenvalue weighted by molar-refractivity contribution is 5.95. The van der Waals surface area contributed by atoms with Crippen LogP contribution in [0.5, 0.6) is 0 Å². The SMILES string of the molecule is COC(=O)c1ccc2c(c1)C(N(N)/C=C(\N)C1CCCCC1)[C@H](C)CN2C(C)=O. The fraction of sp³-hybridized carbons (Fsp3) is 0.545. The molecule has 1 aromatic carbocycles. The maximum absolute atomic E-state index is 12.2. The Balaban J connectivity index is 1.98. The molecular formula is C22H32N4O3. The third-order valence-corrected chi connectivity index (χ3v) is 6.14. The van der Waals surface area contributed by atoms with Crippen molar-refractivity contribution >= 4 is 17.6 Å². The number of methoxy groups -OCH3 is 1. The molecule has 1 unspecified atom stereocenters. The minimum absolute atomic E-state index is 0.0387. The van der Waals surface area contributed by atoms with E-state index >= 15 is 0 Å². The van der Waals surface area contributed by atoms with Gasteiger partial charge in [0.2, 0.25) is 5.91 Å². The van der Waals surface area contributed by atoms with Gasteiger partial charge in [0, 0.05) is 42.5 Å². The highest BCUT2D eigenvalue weighted by atomic mass is 16.5. The van der Waals surface area contributed by atoms with E-state index in [1.54, 1.807) is 35.0 Å². The minimum Gasteiger partial charge on any atom is -0.465 e. The van der Waals surface area contributed by atoms with Crippen LogP contribution in [-0.2, 0) is 9.53 Å². The van der Waals surface area contributed by atoms with E-state index in [9.17, 15) is 9.59 Å². The van der Waals surface area contributed by atoms with Gasteiger partial charge in [-0.3, -0.25) is 4.79 Å². The van der Waals surface area contributed by atoms with Gasteiger partial charge in [-0.1, -0.05) is 26.2 Å². The molecule has 0 spiro atoms. The summed E-state index contributed by atoms with van der Waals surface area (Å²) in [6.07, 6.45) is 7.69. The quantitative estimate of drug-likeness (QED) is 0.457. The topological polar surface area (TPSA) is 102 Å². The predicted octanol–water partition coefficient (Wildman–Crippen LogP) is 3.07. The zero-order valence-corrected chi connectivity index (χ0v) is 17.6. The molecule has 1 aliphatic heterocycles. The van der Waals surface area contributed by atoms with Gasteiger partial charge < -0.3 is 20.4 Å². The number of rotatable bonds is 4. The average Bonchev–Trinajstić information content (AvgIpc) is 2.72. The molecule has 1 saturated carbocycles. The molecule has 1 aliphatic carbocycles. The Morgan fingerprint density at radius 2 is 1.93 bits per heavy atom. The van der Waals surface area contributed by atoms with Crippen LogP contribution in [0.1, 0.15) is 67.9 Å². The van der Waals surface area contributed by atoms with Crippen molar-refractivity contribution in [3.63, 3.8) is 0 Å². The number of hydrazine groups is 1. The smallest absolute Gasteiger partial charge is 0.337 e. The summed E-state index contributed by atoms with van der Waals surface area (Å²) < 4.78 is 4.87. The Bertz CT molecular complexity index is 801. The number of amides is 1. The van der Waals surface area contributed by atoms with Crippen LogP contribution in [0.25, 0.3) is 0 Å². The summed E-state index contributed by atoms with van der Waals surface area (Å²) in [4.78, 5) is 26.0. The van der Waals surface area contributed by atoms with Gasteiger partial charge in [-0.2, -0.15) is 0 Å². The lowest BCUT2D eigenvalue weighted by Gasteiger charge is -2.42. The van der Waals surface area contributed by atoms with Crippen molar-refractivity contribution in [2.45, 2.75) is 52.0 Å². The van der Waals surface area contributed by atoms with Crippen molar-refractivity contribution < 1.29 is 14.3 Å². The standard InChI is InChI=1S/C22H32N4O3/c1-14-12-25(15(2)27)20-10-9-17(22(28)29-3)11-18(20)21(14)26(24)13-19(23)16-7-5-4-6-8-16/h9-11,13-14,16,21H,4-8,12,23-24H2,1-3H3/b19-13-/t14-,21?/m1/s1. The number of hydrogen-bond donors (Lipinski definition) is 2. The average molecular weight is 401 g/mol. The van der Waals surface area contributed by atoms with E-state index < -0.39 is 5.97 Å². The molecule has 2 aliphatic rings. The van der Waals surface area contributed by atoms with Crippen molar-refractivity contribution in [3.05, 3.63) is 41.2 Å². The predicted molar refractivity (Wildman–Crippen MR) is 113 cm³/mol. The van der Waals surface area contributed by atoms with Gasteiger partial charge in [0.25, 0.3) is 0 Å². The van der Waals surface area contributed by atoms with Crippen LogP contribution in [-0.4, -0.2) is 30.5 Å². The Hall–Kier alpha value is -2.54. The third kappa shape index (κ3) is 4.40. The van der Waals surface area contributed by atoms with Gasteiger partial charge in [-0.05, 0) is 37.0 Å². The van der Waals surface area contributed by atoms with Crippen LogP contribution in [0, 0.1) is 11.8 Å². The van der Waals surface area contributed by atoms with Gasteiger partial charge in [0.05, 0.1) is 18.7 Å². The normalized spacial score (nSPS) is 22.8. The Morgan fingerprint density at radius 1 is 1.24 bits per heavy atom. The summed E-state index contributed by atoms with van der Waals surface area (Å²) in [6.45, 7) is 4.15. The molecule has 0 radical (unpaired) electrons. The van der Waals surface area contributed by atoms with Crippen molar-refractivity contribution in [3.8, 4) is 0 Å². The highest BCUT2D eigenvalue weighted by Crippen LogP contribution is 2.41. The van der Waals surface area contributed by atoms with Crippen LogP contribution in [0.15, 0.2) is 30.1 Å². The van der Waals surface area contributed by atoms with E-state index in [2.05, 4.69) is 6.92 Å². The Morgan fingerprint density at radius 3 is 2.55 bits per heavy atom. The van der Waals surface area contributed by atoms with E-state index in [4.69, 9.17) is 16.3 Å². The summed E-state index contributed by atoms with van der Waals surface area (Å²) in [5.74, 6) is 6.46. The molecule has 0 saturated heterocycles. The molecule has 29 heavy (non-hydrogen) atoms. The van der Waals surface area contributed by atoms with Gasteiger partial charge >= 0.3 is 5.97 Å². The molecule has 158 valence electrons. The minimum atomic E-state index is -0.417. The van der Waals surface area contributed by atoms with E-state index in [0.717, 1.165) is 29.8 Å². The summed E-state index contributed by atoms with van der Waals surface area (Å²) >= 11 is 0. The molecule has 1 heterocycles. The molecule has 0 aromatic heterocycles. The first kappa shape index (κ1) is 21.2. The molecule has 1 aromatic rings. The number of hydrogen-bond acceptors (Lipinski definition) is 6. The van der Waals surface area contributed by atoms with Crippen LogP contribution >= 0.6 is 0 Å². The second kappa shape index (κ2) is 8.86. The fourth-order valence-corrected chi connectivity index (χ4v) is 4.62. The summed E-state index contributed by atoms with van der Waals surface area (Å²) in [6, 6.07) is 5.06. The van der Waals surface area contributed by atoms with Crippen molar-refractivity contribution in [2.24, 2.45) is 23.4 Å². The second-order valence-electron chi connectivity index (χ2n) is 8.23. The van der Waals surface area contributed by atoms with Gasteiger partial charge in [0.1, 0.15) is 0 Å². The van der Waals surface area contributed by atoms with Crippen LogP contribution in [0.3, 0.4) is 0 Å². The number of ether oxygens (including phenoxy) is 1. The first-order chi connectivity index (χ1) is 13.8. The largest absolute Gasteiger partial charge is 0.465 e. The van der Waals surface area contributed by atoms with Gasteiger partial charge in [0.15, 0.2) is 0 Å². The summed E-state index contributed by atoms with van der Waals surface area (Å²) in [7, 11) is 1.35. The fourth-order valence-electron chi connectivity index (χ4n) is 4.62.